The molecule has 0 radical (unpaired) electrons. The van der Waals surface area contributed by atoms with Crippen LogP contribution in [0.15, 0.2) is 24.5 Å². The van der Waals surface area contributed by atoms with Gasteiger partial charge in [-0.15, -0.1) is 0 Å². The molecule has 2 heteroatoms. The van der Waals surface area contributed by atoms with E-state index in [1.165, 1.54) is 0 Å². The molecule has 0 aliphatic carbocycles. The molecule has 1 nitrogen and oxygen atoms in total. The van der Waals surface area contributed by atoms with Crippen molar-refractivity contribution >= 4 is 26.6 Å². The molecule has 0 aromatic rings. The van der Waals surface area contributed by atoms with E-state index in [2.05, 4.69) is 3.76 Å². The molecule has 34 valence electrons. The molecule has 0 saturated carbocycles. The average molecular weight is 196 g/mol. The van der Waals surface area contributed by atoms with Gasteiger partial charge in [-0.1, -0.05) is 0 Å². The summed E-state index contributed by atoms with van der Waals surface area (Å²) in [6.07, 6.45) is 7.71. The first-order chi connectivity index (χ1) is 3.50. The van der Waals surface area contributed by atoms with E-state index in [0.717, 1.165) is 0 Å². The van der Waals surface area contributed by atoms with Gasteiger partial charge in [0.25, 0.3) is 0 Å². The Kier molecular flexibility index (Phi) is 2.27. The number of hydrogen-bond acceptors (Lipinski definition) is 1. The van der Waals surface area contributed by atoms with Crippen LogP contribution in [0, 0.1) is 0 Å². The van der Waals surface area contributed by atoms with E-state index in [0.29, 0.717) is 0 Å². The van der Waals surface area contributed by atoms with Crippen LogP contribution >= 0.6 is 0 Å². The van der Waals surface area contributed by atoms with E-state index in [9.17, 15) is 0 Å². The first-order valence-electron chi connectivity index (χ1n) is 2.14. The third-order valence-corrected chi connectivity index (χ3v) is 2.63. The zero-order valence-electron chi connectivity index (χ0n) is 3.87. The summed E-state index contributed by atoms with van der Waals surface area (Å²) in [5, 5.41) is 0. The topological polar surface area (TPSA) is 9.23 Å². The first kappa shape index (κ1) is 5.16. The van der Waals surface area contributed by atoms with Crippen molar-refractivity contribution in [3.63, 3.8) is 0 Å². The summed E-state index contributed by atoms with van der Waals surface area (Å²) < 4.78 is 7.23. The second-order valence-electron chi connectivity index (χ2n) is 1.18. The molecule has 0 unspecified atom stereocenters. The molecule has 0 saturated heterocycles. The van der Waals surface area contributed by atoms with Crippen molar-refractivity contribution in [2.75, 3.05) is 0 Å². The van der Waals surface area contributed by atoms with Gasteiger partial charge in [0.2, 0.25) is 0 Å². The molecule has 0 bridgehead atoms. The molecule has 7 heavy (non-hydrogen) atoms. The predicted molar refractivity (Wildman–Crippen MR) is 31.2 cm³/mol. The van der Waals surface area contributed by atoms with Crippen molar-refractivity contribution < 1.29 is 2.85 Å². The summed E-state index contributed by atoms with van der Waals surface area (Å²) in [4.78, 5) is 0. The fourth-order valence-corrected chi connectivity index (χ4v) is 1.76. The normalized spacial score (nSPS) is 14.9. The van der Waals surface area contributed by atoms with Gasteiger partial charge in [0, 0.05) is 0 Å². The fraction of sp³-hybridized carbons (Fsp3) is 0. The monoisotopic (exact) mass is 196 g/mol. The molecular weight excluding hydrogens is 191 g/mol. The minimum absolute atomic E-state index is 0.703. The van der Waals surface area contributed by atoms with Crippen molar-refractivity contribution in [3.05, 3.63) is 24.5 Å². The van der Waals surface area contributed by atoms with Crippen molar-refractivity contribution in [2.24, 2.45) is 0 Å². The Bertz CT molecular complexity index is 110. The van der Waals surface area contributed by atoms with Crippen molar-refractivity contribution in [2.45, 2.75) is 0 Å². The first-order valence-corrected chi connectivity index (χ1v) is 5.39. The molecule has 1 aliphatic heterocycles. The second-order valence-corrected chi connectivity index (χ2v) is 3.83. The van der Waals surface area contributed by atoms with E-state index >= 15 is 0 Å². The molecule has 0 fully saturated rings. The Morgan fingerprint density at radius 2 is 2.14 bits per heavy atom. The summed E-state index contributed by atoms with van der Waals surface area (Å²) >= 11 is -0.703. The van der Waals surface area contributed by atoms with Gasteiger partial charge in [-0.3, -0.25) is 0 Å². The Labute approximate surface area is 54.1 Å². The molecule has 1 heterocycles. The quantitative estimate of drug-likeness (QED) is 0.548. The van der Waals surface area contributed by atoms with E-state index in [1.54, 1.807) is 6.26 Å². The van der Waals surface area contributed by atoms with E-state index in [-0.39, 0.29) is 0 Å². The zero-order chi connectivity index (χ0) is 4.95. The molecule has 1 aliphatic rings. The molecule has 0 atom stereocenters. The van der Waals surface area contributed by atoms with Gasteiger partial charge in [0.1, 0.15) is 0 Å². The van der Waals surface area contributed by atoms with Crippen LogP contribution in [-0.2, 0) is 2.85 Å². The Morgan fingerprint density at radius 3 is 3.14 bits per heavy atom. The fourth-order valence-electron chi connectivity index (χ4n) is 0.355. The van der Waals surface area contributed by atoms with E-state index < -0.39 is 22.9 Å². The maximum absolute atomic E-state index is 5.09. The van der Waals surface area contributed by atoms with Crippen molar-refractivity contribution in [1.29, 1.82) is 0 Å². The van der Waals surface area contributed by atoms with Crippen LogP contribution in [0.3, 0.4) is 0 Å². The van der Waals surface area contributed by atoms with Gasteiger partial charge in [0.15, 0.2) is 0 Å². The summed E-state index contributed by atoms with van der Waals surface area (Å²) in [7, 11) is 0. The molecule has 1 rings (SSSR count). The maximum atomic E-state index is 5.09. The Balaban J connectivity index is 2.60. The van der Waals surface area contributed by atoms with Crippen LogP contribution in [-0.4, -0.2) is 26.6 Å². The van der Waals surface area contributed by atoms with Gasteiger partial charge in [-0.25, -0.2) is 0 Å². The zero-order valence-corrected chi connectivity index (χ0v) is 7.17. The summed E-state index contributed by atoms with van der Waals surface area (Å²) in [6.45, 7) is 0. The van der Waals surface area contributed by atoms with Crippen LogP contribution in [0.25, 0.3) is 0 Å². The van der Waals surface area contributed by atoms with Gasteiger partial charge in [0.05, 0.1) is 0 Å². The number of rotatable bonds is 0. The van der Waals surface area contributed by atoms with Crippen LogP contribution < -0.4 is 0 Å². The van der Waals surface area contributed by atoms with E-state index in [1.807, 2.05) is 18.2 Å². The molecular formula is C5H5InO. The molecule has 0 aromatic carbocycles. The average Bonchev–Trinajstić information content (AvgIpc) is 1.90. The Hall–Kier alpha value is 0.0201. The van der Waals surface area contributed by atoms with Gasteiger partial charge < -0.3 is 0 Å². The summed E-state index contributed by atoms with van der Waals surface area (Å²) in [6, 6.07) is 0. The summed E-state index contributed by atoms with van der Waals surface area (Å²) in [5.74, 6) is 0. The third-order valence-electron chi connectivity index (χ3n) is 0.648. The van der Waals surface area contributed by atoms with Crippen LogP contribution in [0.4, 0.5) is 0 Å². The predicted octanol–water partition coefficient (Wildman–Crippen LogP) is 0.508. The van der Waals surface area contributed by atoms with Gasteiger partial charge >= 0.3 is 54.0 Å². The standard InChI is InChI=1S/C5H6O.In/c1-2-3-4-5-6;/h1-6H;/q;+1/p-1. The minimum atomic E-state index is -0.703. The molecule has 0 N–H and O–H groups in total. The van der Waals surface area contributed by atoms with Crippen LogP contribution in [0.1, 0.15) is 0 Å². The van der Waals surface area contributed by atoms with Gasteiger partial charge in [-0.05, 0) is 0 Å². The third kappa shape index (κ3) is 1.97. The summed E-state index contributed by atoms with van der Waals surface area (Å²) in [5.41, 5.74) is 0. The van der Waals surface area contributed by atoms with Crippen molar-refractivity contribution in [3.8, 4) is 0 Å². The van der Waals surface area contributed by atoms with Gasteiger partial charge in [-0.2, -0.15) is 0 Å². The number of hydrogen-bond donors (Lipinski definition) is 0. The number of allylic oxidation sites excluding steroid dienone is 3. The molecule has 0 spiro atoms. The SMILES string of the molecule is C1=C[CH]=[In][O]C=C1. The van der Waals surface area contributed by atoms with E-state index in [4.69, 9.17) is 2.85 Å². The van der Waals surface area contributed by atoms with Crippen molar-refractivity contribution in [1.82, 2.24) is 0 Å². The second kappa shape index (κ2) is 3.08. The molecule has 0 amide bonds. The molecule has 0 aromatic heterocycles. The van der Waals surface area contributed by atoms with Crippen LogP contribution in [0.2, 0.25) is 0 Å². The Morgan fingerprint density at radius 1 is 1.14 bits per heavy atom. The van der Waals surface area contributed by atoms with Crippen LogP contribution in [0.5, 0.6) is 0 Å².